The largest absolute Gasteiger partial charge is 0.497 e. The van der Waals surface area contributed by atoms with Gasteiger partial charge in [0.25, 0.3) is 5.91 Å². The van der Waals surface area contributed by atoms with E-state index in [0.717, 1.165) is 24.6 Å². The second kappa shape index (κ2) is 10.5. The Bertz CT molecular complexity index is 1100. The number of ether oxygens (including phenoxy) is 1. The average molecular weight is 431 g/mol. The summed E-state index contributed by atoms with van der Waals surface area (Å²) in [7, 11) is 1.66. The van der Waals surface area contributed by atoms with Crippen molar-refractivity contribution in [1.82, 2.24) is 10.2 Å². The van der Waals surface area contributed by atoms with Gasteiger partial charge in [0.1, 0.15) is 17.3 Å². The van der Waals surface area contributed by atoms with Crippen molar-refractivity contribution in [1.29, 1.82) is 0 Å². The first-order chi connectivity index (χ1) is 15.7. The highest BCUT2D eigenvalue weighted by atomic mass is 16.5. The Balaban J connectivity index is 1.43. The molecule has 0 radical (unpaired) electrons. The molecule has 0 spiro atoms. The number of amides is 1. The van der Waals surface area contributed by atoms with Crippen LogP contribution in [0.1, 0.15) is 33.2 Å². The van der Waals surface area contributed by atoms with Crippen LogP contribution >= 0.6 is 0 Å². The standard InChI is InChI=1S/C26H26N2O4/c1-30-22-11-9-21(10-12-22)18-28(17-20-6-3-2-4-7-20)19-24-13-14-25(32-24)26(29)27-16-23-8-5-15-31-23/h2-15H,16-19H2,1H3,(H,27,29). The van der Waals surface area contributed by atoms with Gasteiger partial charge in [0.15, 0.2) is 5.76 Å². The van der Waals surface area contributed by atoms with Crippen LogP contribution in [0.4, 0.5) is 0 Å². The molecule has 0 aliphatic heterocycles. The van der Waals surface area contributed by atoms with E-state index in [1.807, 2.05) is 42.5 Å². The molecule has 0 unspecified atom stereocenters. The monoisotopic (exact) mass is 430 g/mol. The van der Waals surface area contributed by atoms with Gasteiger partial charge in [-0.05, 0) is 47.5 Å². The molecule has 0 aliphatic rings. The smallest absolute Gasteiger partial charge is 0.287 e. The maximum atomic E-state index is 12.4. The molecule has 0 aliphatic carbocycles. The Morgan fingerprint density at radius 3 is 2.28 bits per heavy atom. The molecule has 2 aromatic heterocycles. The summed E-state index contributed by atoms with van der Waals surface area (Å²) in [6.45, 7) is 2.39. The first kappa shape index (κ1) is 21.5. The van der Waals surface area contributed by atoms with E-state index in [2.05, 4.69) is 34.5 Å². The van der Waals surface area contributed by atoms with E-state index < -0.39 is 0 Å². The highest BCUT2D eigenvalue weighted by Gasteiger charge is 2.15. The molecular formula is C26H26N2O4. The van der Waals surface area contributed by atoms with Crippen LogP contribution < -0.4 is 10.1 Å². The Labute approximate surface area is 187 Å². The van der Waals surface area contributed by atoms with Crippen molar-refractivity contribution in [2.75, 3.05) is 7.11 Å². The quantitative estimate of drug-likeness (QED) is 0.383. The summed E-state index contributed by atoms with van der Waals surface area (Å²) in [5.74, 6) is 2.28. The summed E-state index contributed by atoms with van der Waals surface area (Å²) >= 11 is 0. The van der Waals surface area contributed by atoms with Crippen LogP contribution in [0.5, 0.6) is 5.75 Å². The Morgan fingerprint density at radius 1 is 0.844 bits per heavy atom. The third-order valence-corrected chi connectivity index (χ3v) is 5.08. The van der Waals surface area contributed by atoms with E-state index in [9.17, 15) is 4.79 Å². The second-order valence-electron chi connectivity index (χ2n) is 7.51. The van der Waals surface area contributed by atoms with Gasteiger partial charge >= 0.3 is 0 Å². The van der Waals surface area contributed by atoms with E-state index in [-0.39, 0.29) is 11.7 Å². The van der Waals surface area contributed by atoms with Gasteiger partial charge < -0.3 is 18.9 Å². The zero-order valence-electron chi connectivity index (χ0n) is 18.0. The minimum Gasteiger partial charge on any atom is -0.497 e. The van der Waals surface area contributed by atoms with E-state index in [0.29, 0.717) is 18.8 Å². The summed E-state index contributed by atoms with van der Waals surface area (Å²) in [6.07, 6.45) is 1.58. The molecule has 164 valence electrons. The fourth-order valence-electron chi connectivity index (χ4n) is 3.47. The van der Waals surface area contributed by atoms with E-state index in [4.69, 9.17) is 13.6 Å². The van der Waals surface area contributed by atoms with Crippen LogP contribution in [-0.4, -0.2) is 17.9 Å². The maximum Gasteiger partial charge on any atom is 0.287 e. The molecule has 1 amide bonds. The molecule has 4 rings (SSSR count). The molecule has 0 saturated carbocycles. The Morgan fingerprint density at radius 2 is 1.59 bits per heavy atom. The molecule has 0 bridgehead atoms. The van der Waals surface area contributed by atoms with Gasteiger partial charge in [-0.1, -0.05) is 42.5 Å². The lowest BCUT2D eigenvalue weighted by molar-refractivity contribution is 0.0915. The molecule has 1 N–H and O–H groups in total. The molecule has 0 fully saturated rings. The molecular weight excluding hydrogens is 404 g/mol. The predicted octanol–water partition coefficient (Wildman–Crippen LogP) is 5.01. The number of hydrogen-bond acceptors (Lipinski definition) is 5. The average Bonchev–Trinajstić information content (AvgIpc) is 3.51. The molecule has 4 aromatic rings. The lowest BCUT2D eigenvalue weighted by Gasteiger charge is -2.21. The molecule has 6 nitrogen and oxygen atoms in total. The maximum absolute atomic E-state index is 12.4. The molecule has 2 heterocycles. The zero-order valence-corrected chi connectivity index (χ0v) is 18.0. The van der Waals surface area contributed by atoms with Crippen LogP contribution in [0.2, 0.25) is 0 Å². The number of hydrogen-bond donors (Lipinski definition) is 1. The number of carbonyl (C=O) groups excluding carboxylic acids is 1. The van der Waals surface area contributed by atoms with Gasteiger partial charge in [0, 0.05) is 13.1 Å². The Hall–Kier alpha value is -3.77. The predicted molar refractivity (Wildman–Crippen MR) is 121 cm³/mol. The first-order valence-electron chi connectivity index (χ1n) is 10.5. The number of carbonyl (C=O) groups is 1. The van der Waals surface area contributed by atoms with E-state index in [1.165, 1.54) is 11.1 Å². The second-order valence-corrected chi connectivity index (χ2v) is 7.51. The van der Waals surface area contributed by atoms with Gasteiger partial charge in [0.2, 0.25) is 0 Å². The first-order valence-corrected chi connectivity index (χ1v) is 10.5. The lowest BCUT2D eigenvalue weighted by Crippen LogP contribution is -2.23. The fraction of sp³-hybridized carbons (Fsp3) is 0.192. The number of nitrogens with zero attached hydrogens (tertiary/aromatic N) is 1. The van der Waals surface area contributed by atoms with Crippen molar-refractivity contribution in [3.63, 3.8) is 0 Å². The molecule has 32 heavy (non-hydrogen) atoms. The summed E-state index contributed by atoms with van der Waals surface area (Å²) < 4.78 is 16.4. The Kier molecular flexibility index (Phi) is 7.05. The topological polar surface area (TPSA) is 67.8 Å². The van der Waals surface area contributed by atoms with E-state index >= 15 is 0 Å². The normalized spacial score (nSPS) is 10.9. The van der Waals surface area contributed by atoms with Gasteiger partial charge in [-0.3, -0.25) is 9.69 Å². The third kappa shape index (κ3) is 5.89. The third-order valence-electron chi connectivity index (χ3n) is 5.08. The minimum absolute atomic E-state index is 0.266. The number of nitrogens with one attached hydrogen (secondary N) is 1. The van der Waals surface area contributed by atoms with Crippen LogP contribution in [-0.2, 0) is 26.2 Å². The van der Waals surface area contributed by atoms with Crippen molar-refractivity contribution >= 4 is 5.91 Å². The number of methoxy groups -OCH3 is 1. The minimum atomic E-state index is -0.266. The van der Waals surface area contributed by atoms with Crippen molar-refractivity contribution in [2.45, 2.75) is 26.2 Å². The molecule has 0 saturated heterocycles. The van der Waals surface area contributed by atoms with Crippen LogP contribution in [0.3, 0.4) is 0 Å². The van der Waals surface area contributed by atoms with Gasteiger partial charge in [0.05, 0.1) is 26.5 Å². The highest BCUT2D eigenvalue weighted by molar-refractivity contribution is 5.91. The highest BCUT2D eigenvalue weighted by Crippen LogP contribution is 2.18. The summed E-state index contributed by atoms with van der Waals surface area (Å²) in [6, 6.07) is 25.5. The van der Waals surface area contributed by atoms with Crippen molar-refractivity contribution in [3.05, 3.63) is 114 Å². The number of rotatable bonds is 10. The zero-order chi connectivity index (χ0) is 22.2. The fourth-order valence-corrected chi connectivity index (χ4v) is 3.47. The van der Waals surface area contributed by atoms with Gasteiger partial charge in [-0.15, -0.1) is 0 Å². The molecule has 6 heteroatoms. The van der Waals surface area contributed by atoms with Crippen molar-refractivity contribution < 1.29 is 18.4 Å². The lowest BCUT2D eigenvalue weighted by atomic mass is 10.1. The summed E-state index contributed by atoms with van der Waals surface area (Å²) in [4.78, 5) is 14.7. The SMILES string of the molecule is COc1ccc(CN(Cc2ccccc2)Cc2ccc(C(=O)NCc3ccco3)o2)cc1. The molecule has 2 aromatic carbocycles. The van der Waals surface area contributed by atoms with Crippen LogP contribution in [0.15, 0.2) is 94.0 Å². The van der Waals surface area contributed by atoms with Crippen molar-refractivity contribution in [3.8, 4) is 5.75 Å². The van der Waals surface area contributed by atoms with Crippen LogP contribution in [0.25, 0.3) is 0 Å². The number of benzene rings is 2. The van der Waals surface area contributed by atoms with E-state index in [1.54, 1.807) is 25.5 Å². The van der Waals surface area contributed by atoms with Gasteiger partial charge in [-0.25, -0.2) is 0 Å². The van der Waals surface area contributed by atoms with Crippen molar-refractivity contribution in [2.24, 2.45) is 0 Å². The summed E-state index contributed by atoms with van der Waals surface area (Å²) in [5.41, 5.74) is 2.38. The summed E-state index contributed by atoms with van der Waals surface area (Å²) in [5, 5.41) is 2.81. The van der Waals surface area contributed by atoms with Gasteiger partial charge in [-0.2, -0.15) is 0 Å². The number of furan rings is 2. The van der Waals surface area contributed by atoms with Crippen LogP contribution in [0, 0.1) is 0 Å². The molecule has 0 atom stereocenters.